The number of rotatable bonds is 1. The van der Waals surface area contributed by atoms with Crippen molar-refractivity contribution in [1.29, 1.82) is 0 Å². The summed E-state index contributed by atoms with van der Waals surface area (Å²) in [6, 6.07) is 5.19. The first-order chi connectivity index (χ1) is 10.1. The fourth-order valence-electron chi connectivity index (χ4n) is 2.56. The van der Waals surface area contributed by atoms with Gasteiger partial charge in [0.2, 0.25) is 5.91 Å². The molecule has 0 spiro atoms. The average molecular weight is 290 g/mol. The minimum atomic E-state index is -0.560. The minimum Gasteiger partial charge on any atom is -0.390 e. The number of benzene rings is 1. The number of nitrogens with one attached hydrogen (secondary N) is 3. The Labute approximate surface area is 122 Å². The molecule has 2 amide bonds. The standard InChI is InChI=1S/C14H18N4O3/c19-10-6-15-3-4-18(8-10)14(21)9-1-2-11-12(5-9)17-13(20)7-16-11/h1-2,5,10,15-16,19H,3-4,6-8H2,(H,17,20). The number of aliphatic hydroxyl groups excluding tert-OH is 1. The highest BCUT2D eigenvalue weighted by Crippen LogP contribution is 2.26. The molecule has 3 rings (SSSR count). The number of aliphatic hydroxyl groups is 1. The average Bonchev–Trinajstić information content (AvgIpc) is 2.70. The predicted molar refractivity (Wildman–Crippen MR) is 78.3 cm³/mol. The lowest BCUT2D eigenvalue weighted by atomic mass is 10.1. The van der Waals surface area contributed by atoms with Crippen LogP contribution in [0.2, 0.25) is 0 Å². The van der Waals surface area contributed by atoms with Crippen LogP contribution in [0.5, 0.6) is 0 Å². The monoisotopic (exact) mass is 290 g/mol. The Bertz CT molecular complexity index is 575. The maximum Gasteiger partial charge on any atom is 0.254 e. The van der Waals surface area contributed by atoms with E-state index in [0.29, 0.717) is 37.4 Å². The number of hydrogen-bond acceptors (Lipinski definition) is 5. The van der Waals surface area contributed by atoms with Crippen molar-refractivity contribution in [2.24, 2.45) is 0 Å². The zero-order valence-corrected chi connectivity index (χ0v) is 11.6. The van der Waals surface area contributed by atoms with Crippen molar-refractivity contribution in [3.8, 4) is 0 Å². The van der Waals surface area contributed by atoms with Gasteiger partial charge in [-0.3, -0.25) is 9.59 Å². The van der Waals surface area contributed by atoms with Gasteiger partial charge in [0.1, 0.15) is 0 Å². The van der Waals surface area contributed by atoms with Gasteiger partial charge in [-0.1, -0.05) is 0 Å². The highest BCUT2D eigenvalue weighted by molar-refractivity contribution is 6.03. The highest BCUT2D eigenvalue weighted by Gasteiger charge is 2.23. The quantitative estimate of drug-likeness (QED) is 0.557. The van der Waals surface area contributed by atoms with Crippen LogP contribution in [0.4, 0.5) is 11.4 Å². The summed E-state index contributed by atoms with van der Waals surface area (Å²) < 4.78 is 0. The van der Waals surface area contributed by atoms with Crippen LogP contribution in [0.1, 0.15) is 10.4 Å². The predicted octanol–water partition coefficient (Wildman–Crippen LogP) is -0.543. The summed E-state index contributed by atoms with van der Waals surface area (Å²) in [6.07, 6.45) is -0.560. The van der Waals surface area contributed by atoms with Crippen molar-refractivity contribution >= 4 is 23.2 Å². The molecule has 0 radical (unpaired) electrons. The van der Waals surface area contributed by atoms with Gasteiger partial charge in [0.05, 0.1) is 24.0 Å². The Morgan fingerprint density at radius 3 is 3.05 bits per heavy atom. The van der Waals surface area contributed by atoms with E-state index in [1.165, 1.54) is 0 Å². The maximum absolute atomic E-state index is 12.5. The van der Waals surface area contributed by atoms with Crippen LogP contribution < -0.4 is 16.0 Å². The van der Waals surface area contributed by atoms with Crippen LogP contribution in [0.3, 0.4) is 0 Å². The van der Waals surface area contributed by atoms with Crippen molar-refractivity contribution < 1.29 is 14.7 Å². The van der Waals surface area contributed by atoms with Crippen LogP contribution in [0.15, 0.2) is 18.2 Å². The van der Waals surface area contributed by atoms with Gasteiger partial charge < -0.3 is 26.0 Å². The molecular weight excluding hydrogens is 272 g/mol. The maximum atomic E-state index is 12.5. The molecule has 2 aliphatic heterocycles. The summed E-state index contributed by atoms with van der Waals surface area (Å²) in [5.74, 6) is -0.262. The normalized spacial score (nSPS) is 21.9. The zero-order chi connectivity index (χ0) is 14.8. The molecule has 0 saturated carbocycles. The number of nitrogens with zero attached hydrogens (tertiary/aromatic N) is 1. The second-order valence-electron chi connectivity index (χ2n) is 5.27. The number of fused-ring (bicyclic) bond motifs is 1. The molecule has 1 fully saturated rings. The molecule has 0 aromatic heterocycles. The Balaban J connectivity index is 1.81. The topological polar surface area (TPSA) is 93.7 Å². The largest absolute Gasteiger partial charge is 0.390 e. The molecule has 1 saturated heterocycles. The van der Waals surface area contributed by atoms with Crippen LogP contribution in [-0.4, -0.2) is 60.6 Å². The van der Waals surface area contributed by atoms with E-state index in [0.717, 1.165) is 5.69 Å². The number of β-amino-alcohol motifs (C(OH)–C–C–N with tert-alkyl or cyclic N) is 1. The molecular formula is C14H18N4O3. The van der Waals surface area contributed by atoms with Gasteiger partial charge in [-0.2, -0.15) is 0 Å². The fourth-order valence-corrected chi connectivity index (χ4v) is 2.56. The third kappa shape index (κ3) is 2.98. The smallest absolute Gasteiger partial charge is 0.254 e. The third-order valence-corrected chi connectivity index (χ3v) is 3.64. The molecule has 1 aromatic rings. The lowest BCUT2D eigenvalue weighted by Crippen LogP contribution is -2.37. The van der Waals surface area contributed by atoms with Crippen molar-refractivity contribution in [2.45, 2.75) is 6.10 Å². The lowest BCUT2D eigenvalue weighted by molar-refractivity contribution is -0.114. The van der Waals surface area contributed by atoms with E-state index >= 15 is 0 Å². The van der Waals surface area contributed by atoms with E-state index in [1.54, 1.807) is 23.1 Å². The molecule has 7 nitrogen and oxygen atoms in total. The van der Waals surface area contributed by atoms with E-state index in [9.17, 15) is 14.7 Å². The second kappa shape index (κ2) is 5.71. The molecule has 112 valence electrons. The van der Waals surface area contributed by atoms with Crippen LogP contribution in [0.25, 0.3) is 0 Å². The van der Waals surface area contributed by atoms with Crippen molar-refractivity contribution in [2.75, 3.05) is 43.4 Å². The molecule has 2 aliphatic rings. The lowest BCUT2D eigenvalue weighted by Gasteiger charge is -2.23. The molecule has 0 aliphatic carbocycles. The third-order valence-electron chi connectivity index (χ3n) is 3.64. The summed E-state index contributed by atoms with van der Waals surface area (Å²) in [7, 11) is 0. The van der Waals surface area contributed by atoms with Crippen LogP contribution >= 0.6 is 0 Å². The van der Waals surface area contributed by atoms with Crippen molar-refractivity contribution in [1.82, 2.24) is 10.2 Å². The first-order valence-corrected chi connectivity index (χ1v) is 6.99. The molecule has 4 N–H and O–H groups in total. The fraction of sp³-hybridized carbons (Fsp3) is 0.429. The van der Waals surface area contributed by atoms with Gasteiger partial charge >= 0.3 is 0 Å². The van der Waals surface area contributed by atoms with Crippen LogP contribution in [0, 0.1) is 0 Å². The number of carbonyl (C=O) groups excluding carboxylic acids is 2. The number of carbonyl (C=O) groups is 2. The highest BCUT2D eigenvalue weighted by atomic mass is 16.3. The molecule has 1 atom stereocenters. The van der Waals surface area contributed by atoms with Crippen molar-refractivity contribution in [3.05, 3.63) is 23.8 Å². The van der Waals surface area contributed by atoms with Gasteiger partial charge in [-0.25, -0.2) is 0 Å². The summed E-state index contributed by atoms with van der Waals surface area (Å²) >= 11 is 0. The zero-order valence-electron chi connectivity index (χ0n) is 11.6. The molecule has 2 heterocycles. The van der Waals surface area contributed by atoms with Crippen LogP contribution in [-0.2, 0) is 4.79 Å². The van der Waals surface area contributed by atoms with E-state index in [4.69, 9.17) is 0 Å². The Kier molecular flexibility index (Phi) is 3.76. The molecule has 1 unspecified atom stereocenters. The van der Waals surface area contributed by atoms with Gasteiger partial charge in [-0.15, -0.1) is 0 Å². The summed E-state index contributed by atoms with van der Waals surface area (Å²) in [4.78, 5) is 25.5. The van der Waals surface area contributed by atoms with Crippen molar-refractivity contribution in [3.63, 3.8) is 0 Å². The van der Waals surface area contributed by atoms with Gasteiger partial charge in [-0.05, 0) is 18.2 Å². The minimum absolute atomic E-state index is 0.124. The first kappa shape index (κ1) is 13.8. The molecule has 0 bridgehead atoms. The summed E-state index contributed by atoms with van der Waals surface area (Å²) in [5, 5.41) is 18.6. The second-order valence-corrected chi connectivity index (χ2v) is 5.27. The first-order valence-electron chi connectivity index (χ1n) is 6.99. The molecule has 7 heteroatoms. The summed E-state index contributed by atoms with van der Waals surface area (Å²) in [6.45, 7) is 2.26. The Morgan fingerprint density at radius 2 is 2.19 bits per heavy atom. The molecule has 21 heavy (non-hydrogen) atoms. The van der Waals surface area contributed by atoms with Gasteiger partial charge in [0.15, 0.2) is 0 Å². The number of anilines is 2. The number of hydrogen-bond donors (Lipinski definition) is 4. The van der Waals surface area contributed by atoms with E-state index < -0.39 is 6.10 Å². The molecule has 1 aromatic carbocycles. The number of amides is 2. The SMILES string of the molecule is O=C1CNc2ccc(C(=O)N3CCNCC(O)C3)cc2N1. The Hall–Kier alpha value is -2.12. The Morgan fingerprint density at radius 1 is 1.33 bits per heavy atom. The summed E-state index contributed by atoms with van der Waals surface area (Å²) in [5.41, 5.74) is 1.93. The van der Waals surface area contributed by atoms with E-state index in [2.05, 4.69) is 16.0 Å². The van der Waals surface area contributed by atoms with E-state index in [1.807, 2.05) is 0 Å². The van der Waals surface area contributed by atoms with Gasteiger partial charge in [0, 0.05) is 31.7 Å². The van der Waals surface area contributed by atoms with Gasteiger partial charge in [0.25, 0.3) is 5.91 Å². The van der Waals surface area contributed by atoms with E-state index in [-0.39, 0.29) is 18.4 Å².